The average Bonchev–Trinajstić information content (AvgIpc) is 2.24. The van der Waals surface area contributed by atoms with Gasteiger partial charge < -0.3 is 10.1 Å². The van der Waals surface area contributed by atoms with Gasteiger partial charge in [0.05, 0.1) is 5.60 Å². The molecule has 0 aromatic heterocycles. The second-order valence-electron chi connectivity index (χ2n) is 5.26. The van der Waals surface area contributed by atoms with Crippen molar-refractivity contribution in [2.75, 3.05) is 24.7 Å². The van der Waals surface area contributed by atoms with E-state index >= 15 is 0 Å². The highest BCUT2D eigenvalue weighted by Gasteiger charge is 2.16. The zero-order valence-electron chi connectivity index (χ0n) is 10.5. The summed E-state index contributed by atoms with van der Waals surface area (Å²) < 4.78 is 5.41. The van der Waals surface area contributed by atoms with Crippen molar-refractivity contribution in [2.45, 2.75) is 39.2 Å². The van der Waals surface area contributed by atoms with Gasteiger partial charge in [-0.3, -0.25) is 4.79 Å². The first kappa shape index (κ1) is 13.8. The molecule has 94 valence electrons. The normalized spacial score (nSPS) is 18.4. The molecule has 1 amide bonds. The number of amides is 1. The van der Waals surface area contributed by atoms with Crippen LogP contribution < -0.4 is 5.32 Å². The Labute approximate surface area is 103 Å². The van der Waals surface area contributed by atoms with E-state index in [1.165, 1.54) is 24.3 Å². The van der Waals surface area contributed by atoms with Crippen LogP contribution in [0.4, 0.5) is 0 Å². The Balaban J connectivity index is 2.09. The lowest BCUT2D eigenvalue weighted by molar-refractivity contribution is -0.130. The van der Waals surface area contributed by atoms with Gasteiger partial charge in [0.1, 0.15) is 6.61 Å². The second kappa shape index (κ2) is 6.50. The predicted molar refractivity (Wildman–Crippen MR) is 68.8 cm³/mol. The number of thioether (sulfide) groups is 1. The van der Waals surface area contributed by atoms with Crippen LogP contribution in [0.2, 0.25) is 0 Å². The van der Waals surface area contributed by atoms with Gasteiger partial charge in [0, 0.05) is 6.54 Å². The van der Waals surface area contributed by atoms with Crippen molar-refractivity contribution < 1.29 is 9.53 Å². The first-order valence-corrected chi connectivity index (χ1v) is 7.11. The van der Waals surface area contributed by atoms with Gasteiger partial charge in [-0.15, -0.1) is 0 Å². The number of hydrogen-bond donors (Lipinski definition) is 1. The fourth-order valence-corrected chi connectivity index (χ4v) is 2.75. The third kappa shape index (κ3) is 6.38. The summed E-state index contributed by atoms with van der Waals surface area (Å²) in [6.45, 7) is 6.85. The van der Waals surface area contributed by atoms with E-state index < -0.39 is 0 Å². The highest BCUT2D eigenvalue weighted by Crippen LogP contribution is 2.21. The molecule has 1 N–H and O–H groups in total. The minimum absolute atomic E-state index is 0.00755. The van der Waals surface area contributed by atoms with Crippen LogP contribution in [0.5, 0.6) is 0 Å². The van der Waals surface area contributed by atoms with E-state index in [9.17, 15) is 4.79 Å². The van der Waals surface area contributed by atoms with Crippen LogP contribution in [-0.4, -0.2) is 36.2 Å². The maximum Gasteiger partial charge on any atom is 0.246 e. The predicted octanol–water partition coefficient (Wildman–Crippen LogP) is 2.06. The SMILES string of the molecule is CC(C)(C)OCC(=O)NCC1CCSCC1. The Kier molecular flexibility index (Phi) is 5.62. The number of rotatable bonds is 4. The van der Waals surface area contributed by atoms with Crippen molar-refractivity contribution in [3.05, 3.63) is 0 Å². The van der Waals surface area contributed by atoms with Gasteiger partial charge in [0.15, 0.2) is 0 Å². The Morgan fingerprint density at radius 3 is 2.56 bits per heavy atom. The highest BCUT2D eigenvalue weighted by molar-refractivity contribution is 7.99. The third-order valence-electron chi connectivity index (χ3n) is 2.57. The van der Waals surface area contributed by atoms with E-state index in [0.717, 1.165) is 6.54 Å². The molecule has 3 nitrogen and oxygen atoms in total. The summed E-state index contributed by atoms with van der Waals surface area (Å²) in [6.07, 6.45) is 2.45. The molecule has 1 saturated heterocycles. The van der Waals surface area contributed by atoms with Gasteiger partial charge in [0.2, 0.25) is 5.91 Å². The molecular formula is C12H23NO2S. The molecule has 0 aromatic carbocycles. The van der Waals surface area contributed by atoms with Crippen LogP contribution in [0.3, 0.4) is 0 Å². The minimum Gasteiger partial charge on any atom is -0.366 e. The number of hydrogen-bond acceptors (Lipinski definition) is 3. The van der Waals surface area contributed by atoms with E-state index in [1.54, 1.807) is 0 Å². The van der Waals surface area contributed by atoms with Crippen LogP contribution in [0.25, 0.3) is 0 Å². The molecule has 4 heteroatoms. The van der Waals surface area contributed by atoms with E-state index in [-0.39, 0.29) is 18.1 Å². The molecule has 1 heterocycles. The van der Waals surface area contributed by atoms with Crippen LogP contribution >= 0.6 is 11.8 Å². The molecule has 0 saturated carbocycles. The molecule has 0 spiro atoms. The van der Waals surface area contributed by atoms with Crippen LogP contribution in [0.15, 0.2) is 0 Å². The monoisotopic (exact) mass is 245 g/mol. The van der Waals surface area contributed by atoms with E-state index in [0.29, 0.717) is 5.92 Å². The van der Waals surface area contributed by atoms with E-state index in [1.807, 2.05) is 32.5 Å². The summed E-state index contributed by atoms with van der Waals surface area (Å²) in [5, 5.41) is 2.95. The number of ether oxygens (including phenoxy) is 1. The Hall–Kier alpha value is -0.220. The van der Waals surface area contributed by atoms with Crippen molar-refractivity contribution in [2.24, 2.45) is 5.92 Å². The minimum atomic E-state index is -0.237. The van der Waals surface area contributed by atoms with Gasteiger partial charge in [-0.25, -0.2) is 0 Å². The Morgan fingerprint density at radius 2 is 2.00 bits per heavy atom. The maximum atomic E-state index is 11.5. The molecule has 16 heavy (non-hydrogen) atoms. The zero-order chi connectivity index (χ0) is 12.0. The molecule has 0 atom stereocenters. The molecule has 1 fully saturated rings. The van der Waals surface area contributed by atoms with E-state index in [4.69, 9.17) is 4.74 Å². The van der Waals surface area contributed by atoms with Gasteiger partial charge >= 0.3 is 0 Å². The zero-order valence-corrected chi connectivity index (χ0v) is 11.4. The quantitative estimate of drug-likeness (QED) is 0.824. The first-order chi connectivity index (χ1) is 7.47. The van der Waals surface area contributed by atoms with Gasteiger partial charge in [0.25, 0.3) is 0 Å². The van der Waals surface area contributed by atoms with Gasteiger partial charge in [-0.05, 0) is 51.0 Å². The molecule has 0 aliphatic carbocycles. The smallest absolute Gasteiger partial charge is 0.246 e. The Morgan fingerprint density at radius 1 is 1.38 bits per heavy atom. The maximum absolute atomic E-state index is 11.5. The number of nitrogens with one attached hydrogen (secondary N) is 1. The highest BCUT2D eigenvalue weighted by atomic mass is 32.2. The largest absolute Gasteiger partial charge is 0.366 e. The fraction of sp³-hybridized carbons (Fsp3) is 0.917. The lowest BCUT2D eigenvalue weighted by Crippen LogP contribution is -2.35. The molecular weight excluding hydrogens is 222 g/mol. The fourth-order valence-electron chi connectivity index (χ4n) is 1.54. The van der Waals surface area contributed by atoms with Crippen molar-refractivity contribution in [3.63, 3.8) is 0 Å². The van der Waals surface area contributed by atoms with Crippen molar-refractivity contribution in [1.82, 2.24) is 5.32 Å². The molecule has 0 aromatic rings. The molecule has 1 aliphatic heterocycles. The number of carbonyl (C=O) groups excluding carboxylic acids is 1. The van der Waals surface area contributed by atoms with E-state index in [2.05, 4.69) is 5.32 Å². The third-order valence-corrected chi connectivity index (χ3v) is 3.61. The van der Waals surface area contributed by atoms with Crippen LogP contribution in [0.1, 0.15) is 33.6 Å². The van der Waals surface area contributed by atoms with Crippen molar-refractivity contribution >= 4 is 17.7 Å². The van der Waals surface area contributed by atoms with Crippen molar-refractivity contribution in [3.8, 4) is 0 Å². The molecule has 0 unspecified atom stereocenters. The van der Waals surface area contributed by atoms with Gasteiger partial charge in [-0.1, -0.05) is 0 Å². The molecule has 0 radical (unpaired) electrons. The van der Waals surface area contributed by atoms with Crippen LogP contribution in [0, 0.1) is 5.92 Å². The summed E-state index contributed by atoms with van der Waals surface area (Å²) in [6, 6.07) is 0. The topological polar surface area (TPSA) is 38.3 Å². The lowest BCUT2D eigenvalue weighted by Gasteiger charge is -2.22. The summed E-state index contributed by atoms with van der Waals surface area (Å²) in [7, 11) is 0. The molecule has 1 aliphatic rings. The standard InChI is InChI=1S/C12H23NO2S/c1-12(2,3)15-9-11(14)13-8-10-4-6-16-7-5-10/h10H,4-9H2,1-3H3,(H,13,14). The van der Waals surface area contributed by atoms with Crippen molar-refractivity contribution in [1.29, 1.82) is 0 Å². The number of carbonyl (C=O) groups is 1. The lowest BCUT2D eigenvalue weighted by atomic mass is 10.0. The van der Waals surface area contributed by atoms with Crippen LogP contribution in [-0.2, 0) is 9.53 Å². The average molecular weight is 245 g/mol. The summed E-state index contributed by atoms with van der Waals surface area (Å²) in [4.78, 5) is 11.5. The first-order valence-electron chi connectivity index (χ1n) is 5.96. The molecule has 1 rings (SSSR count). The second-order valence-corrected chi connectivity index (χ2v) is 6.49. The summed E-state index contributed by atoms with van der Waals surface area (Å²) in [5.41, 5.74) is -0.237. The summed E-state index contributed by atoms with van der Waals surface area (Å²) in [5.74, 6) is 3.14. The Bertz CT molecular complexity index is 220. The molecule has 0 bridgehead atoms. The van der Waals surface area contributed by atoms with Gasteiger partial charge in [-0.2, -0.15) is 11.8 Å². The summed E-state index contributed by atoms with van der Waals surface area (Å²) >= 11 is 2.01.